The van der Waals surface area contributed by atoms with Crippen molar-refractivity contribution in [2.45, 2.75) is 34.1 Å². The van der Waals surface area contributed by atoms with Crippen LogP contribution in [0.4, 0.5) is 5.69 Å². The summed E-state index contributed by atoms with van der Waals surface area (Å²) in [6, 6.07) is 15.6. The maximum Gasteiger partial charge on any atom is 0.115 e. The van der Waals surface area contributed by atoms with E-state index in [1.807, 2.05) is 18.3 Å². The molecule has 0 saturated carbocycles. The first-order chi connectivity index (χ1) is 12.0. The molecule has 0 radical (unpaired) electrons. The summed E-state index contributed by atoms with van der Waals surface area (Å²) < 4.78 is 2.33. The van der Waals surface area contributed by atoms with Gasteiger partial charge in [-0.2, -0.15) is 0 Å². The van der Waals surface area contributed by atoms with E-state index in [1.165, 1.54) is 28.2 Å². The molecule has 0 saturated heterocycles. The average Bonchev–Trinajstić information content (AvgIpc) is 2.88. The van der Waals surface area contributed by atoms with Gasteiger partial charge in [0.1, 0.15) is 5.75 Å². The van der Waals surface area contributed by atoms with Gasteiger partial charge in [-0.15, -0.1) is 0 Å². The number of hydrogen-bond donors (Lipinski definition) is 1. The Bertz CT molecular complexity index is 918. The van der Waals surface area contributed by atoms with Gasteiger partial charge >= 0.3 is 0 Å². The molecule has 2 aromatic carbocycles. The zero-order valence-corrected chi connectivity index (χ0v) is 15.2. The highest BCUT2D eigenvalue weighted by Crippen LogP contribution is 2.26. The number of aromatic hydroxyl groups is 1. The minimum absolute atomic E-state index is 0.253. The van der Waals surface area contributed by atoms with Crippen LogP contribution in [0.15, 0.2) is 53.5 Å². The molecular formula is C22H24N2O. The fraction of sp³-hybridized carbons (Fsp3) is 0.227. The SMILES string of the molecule is CCc1cccc(C)c1-n1c(C)cc(C=Nc2ccc(O)cc2)c1C. The van der Waals surface area contributed by atoms with Crippen molar-refractivity contribution in [3.05, 3.63) is 76.6 Å². The van der Waals surface area contributed by atoms with Crippen LogP contribution in [0.1, 0.15) is 35.0 Å². The standard InChI is InChI=1S/C22H24N2O/c1-5-18-8-6-7-15(2)22(18)24-16(3)13-19(17(24)4)14-23-20-9-11-21(25)12-10-20/h6-14,25H,5H2,1-4H3. The van der Waals surface area contributed by atoms with E-state index in [0.717, 1.165) is 17.7 Å². The number of phenols is 1. The first kappa shape index (κ1) is 17.0. The molecule has 3 nitrogen and oxygen atoms in total. The molecule has 1 aromatic heterocycles. The molecule has 0 bridgehead atoms. The molecule has 0 unspecified atom stereocenters. The van der Waals surface area contributed by atoms with Crippen molar-refractivity contribution in [2.75, 3.05) is 0 Å². The molecule has 128 valence electrons. The molecule has 0 aliphatic heterocycles. The largest absolute Gasteiger partial charge is 0.508 e. The molecule has 1 N–H and O–H groups in total. The lowest BCUT2D eigenvalue weighted by atomic mass is 10.1. The third kappa shape index (κ3) is 3.36. The minimum atomic E-state index is 0.253. The third-order valence-electron chi connectivity index (χ3n) is 4.60. The van der Waals surface area contributed by atoms with Gasteiger partial charge in [-0.25, -0.2) is 0 Å². The molecule has 1 heterocycles. The number of para-hydroxylation sites is 1. The molecule has 0 spiro atoms. The predicted octanol–water partition coefficient (Wildman–Crippen LogP) is 5.42. The van der Waals surface area contributed by atoms with Crippen molar-refractivity contribution in [1.29, 1.82) is 0 Å². The highest BCUT2D eigenvalue weighted by Gasteiger charge is 2.14. The molecule has 0 fully saturated rings. The van der Waals surface area contributed by atoms with Gasteiger partial charge < -0.3 is 9.67 Å². The number of aromatic nitrogens is 1. The van der Waals surface area contributed by atoms with Gasteiger partial charge in [0.2, 0.25) is 0 Å². The number of hydrogen-bond acceptors (Lipinski definition) is 2. The van der Waals surface area contributed by atoms with Gasteiger partial charge in [-0.1, -0.05) is 25.1 Å². The smallest absolute Gasteiger partial charge is 0.115 e. The van der Waals surface area contributed by atoms with Crippen molar-refractivity contribution in [2.24, 2.45) is 4.99 Å². The number of aliphatic imine (C=N–C) groups is 1. The first-order valence-corrected chi connectivity index (χ1v) is 8.62. The molecule has 25 heavy (non-hydrogen) atoms. The van der Waals surface area contributed by atoms with Gasteiger partial charge in [0.25, 0.3) is 0 Å². The molecule has 0 amide bonds. The van der Waals surface area contributed by atoms with Crippen LogP contribution in [-0.4, -0.2) is 15.9 Å². The van der Waals surface area contributed by atoms with Gasteiger partial charge in [0.05, 0.1) is 11.4 Å². The Kier molecular flexibility index (Phi) is 4.75. The van der Waals surface area contributed by atoms with Gasteiger partial charge in [-0.3, -0.25) is 4.99 Å². The monoisotopic (exact) mass is 332 g/mol. The molecule has 3 aromatic rings. The summed E-state index contributed by atoms with van der Waals surface area (Å²) in [5, 5.41) is 9.37. The van der Waals surface area contributed by atoms with Crippen LogP contribution in [0.3, 0.4) is 0 Å². The Morgan fingerprint density at radius 1 is 1.04 bits per heavy atom. The second-order valence-electron chi connectivity index (χ2n) is 6.37. The van der Waals surface area contributed by atoms with Crippen LogP contribution in [-0.2, 0) is 6.42 Å². The first-order valence-electron chi connectivity index (χ1n) is 8.62. The lowest BCUT2D eigenvalue weighted by Crippen LogP contribution is -2.05. The van der Waals surface area contributed by atoms with E-state index in [4.69, 9.17) is 0 Å². The van der Waals surface area contributed by atoms with E-state index in [2.05, 4.69) is 61.5 Å². The molecular weight excluding hydrogens is 308 g/mol. The van der Waals surface area contributed by atoms with E-state index >= 15 is 0 Å². The maximum absolute atomic E-state index is 9.37. The van der Waals surface area contributed by atoms with Gasteiger partial charge in [0.15, 0.2) is 0 Å². The normalized spacial score (nSPS) is 11.4. The fourth-order valence-corrected chi connectivity index (χ4v) is 3.27. The van der Waals surface area contributed by atoms with Crippen LogP contribution >= 0.6 is 0 Å². The van der Waals surface area contributed by atoms with E-state index in [1.54, 1.807) is 12.1 Å². The van der Waals surface area contributed by atoms with Crippen LogP contribution in [0.25, 0.3) is 5.69 Å². The Balaban J connectivity index is 2.04. The number of aryl methyl sites for hydroxylation is 3. The van der Waals surface area contributed by atoms with Crippen LogP contribution in [0, 0.1) is 20.8 Å². The lowest BCUT2D eigenvalue weighted by molar-refractivity contribution is 0.475. The summed E-state index contributed by atoms with van der Waals surface area (Å²) >= 11 is 0. The van der Waals surface area contributed by atoms with Crippen LogP contribution in [0.2, 0.25) is 0 Å². The van der Waals surface area contributed by atoms with Crippen LogP contribution < -0.4 is 0 Å². The molecule has 0 aliphatic carbocycles. The highest BCUT2D eigenvalue weighted by molar-refractivity contribution is 5.84. The Labute approximate surface area is 149 Å². The second kappa shape index (κ2) is 6.98. The molecule has 3 heteroatoms. The zero-order chi connectivity index (χ0) is 18.0. The maximum atomic E-state index is 9.37. The molecule has 0 aliphatic rings. The fourth-order valence-electron chi connectivity index (χ4n) is 3.27. The highest BCUT2D eigenvalue weighted by atomic mass is 16.3. The summed E-state index contributed by atoms with van der Waals surface area (Å²) in [5.74, 6) is 0.253. The summed E-state index contributed by atoms with van der Waals surface area (Å²) in [4.78, 5) is 4.54. The summed E-state index contributed by atoms with van der Waals surface area (Å²) in [7, 11) is 0. The number of nitrogens with zero attached hydrogens (tertiary/aromatic N) is 2. The summed E-state index contributed by atoms with van der Waals surface area (Å²) in [5.41, 5.74) is 8.23. The van der Waals surface area contributed by atoms with Gasteiger partial charge in [-0.05, 0) is 68.7 Å². The Morgan fingerprint density at radius 2 is 1.76 bits per heavy atom. The summed E-state index contributed by atoms with van der Waals surface area (Å²) in [6.45, 7) is 8.63. The van der Waals surface area contributed by atoms with Crippen molar-refractivity contribution >= 4 is 11.9 Å². The average molecular weight is 332 g/mol. The molecule has 0 atom stereocenters. The van der Waals surface area contributed by atoms with Gasteiger partial charge in [0, 0.05) is 23.2 Å². The quantitative estimate of drug-likeness (QED) is 0.636. The zero-order valence-electron chi connectivity index (χ0n) is 15.2. The lowest BCUT2D eigenvalue weighted by Gasteiger charge is -2.17. The van der Waals surface area contributed by atoms with Crippen molar-refractivity contribution < 1.29 is 5.11 Å². The van der Waals surface area contributed by atoms with E-state index in [0.29, 0.717) is 0 Å². The predicted molar refractivity (Wildman–Crippen MR) is 105 cm³/mol. The summed E-state index contributed by atoms with van der Waals surface area (Å²) in [6.07, 6.45) is 2.90. The van der Waals surface area contributed by atoms with Crippen molar-refractivity contribution in [3.8, 4) is 11.4 Å². The Hall–Kier alpha value is -2.81. The number of rotatable bonds is 4. The molecule has 3 rings (SSSR count). The number of phenolic OH excluding ortho intramolecular Hbond substituents is 1. The minimum Gasteiger partial charge on any atom is -0.508 e. The van der Waals surface area contributed by atoms with E-state index in [9.17, 15) is 5.11 Å². The Morgan fingerprint density at radius 3 is 2.44 bits per heavy atom. The van der Waals surface area contributed by atoms with E-state index < -0.39 is 0 Å². The topological polar surface area (TPSA) is 37.5 Å². The van der Waals surface area contributed by atoms with Crippen molar-refractivity contribution in [1.82, 2.24) is 4.57 Å². The van der Waals surface area contributed by atoms with Crippen LogP contribution in [0.5, 0.6) is 5.75 Å². The second-order valence-corrected chi connectivity index (χ2v) is 6.37. The van der Waals surface area contributed by atoms with Crippen molar-refractivity contribution in [3.63, 3.8) is 0 Å². The number of benzene rings is 2. The third-order valence-corrected chi connectivity index (χ3v) is 4.60. The van der Waals surface area contributed by atoms with E-state index in [-0.39, 0.29) is 5.75 Å².